The van der Waals surface area contributed by atoms with Gasteiger partial charge >= 0.3 is 5.97 Å². The third kappa shape index (κ3) is 5.42. The number of benzene rings is 2. The molecule has 27 heavy (non-hydrogen) atoms. The zero-order valence-corrected chi connectivity index (χ0v) is 16.2. The molecule has 0 unspecified atom stereocenters. The Balaban J connectivity index is 2.14. The van der Waals surface area contributed by atoms with E-state index in [1.165, 1.54) is 17.0 Å². The van der Waals surface area contributed by atoms with Crippen molar-refractivity contribution < 1.29 is 22.7 Å². The predicted octanol–water partition coefficient (Wildman–Crippen LogP) is 3.12. The lowest BCUT2D eigenvalue weighted by Crippen LogP contribution is -2.34. The number of amides is 1. The molecule has 2 aromatic rings. The van der Waals surface area contributed by atoms with E-state index in [2.05, 4.69) is 6.58 Å². The molecule has 0 saturated carbocycles. The topological polar surface area (TPSA) is 80.8 Å². The molecular formula is C19H18ClNO5S. The number of halogens is 1. The number of rotatable bonds is 7. The van der Waals surface area contributed by atoms with Crippen LogP contribution in [0.2, 0.25) is 5.02 Å². The molecule has 0 heterocycles. The number of carbonyl (C=O) groups excluding carboxylic acids is 2. The van der Waals surface area contributed by atoms with Crippen LogP contribution in [0, 0.1) is 0 Å². The molecule has 0 aliphatic carbocycles. The maximum absolute atomic E-state index is 12.5. The second-order valence-electron chi connectivity index (χ2n) is 5.62. The predicted molar refractivity (Wildman–Crippen MR) is 104 cm³/mol. The fourth-order valence-corrected chi connectivity index (χ4v) is 3.10. The minimum Gasteiger partial charge on any atom is -0.452 e. The van der Waals surface area contributed by atoms with E-state index in [1.807, 2.05) is 6.07 Å². The van der Waals surface area contributed by atoms with Gasteiger partial charge in [0.05, 0.1) is 15.5 Å². The fraction of sp³-hybridized carbons (Fsp3) is 0.158. The Hall–Kier alpha value is -2.64. The van der Waals surface area contributed by atoms with Crippen molar-refractivity contribution in [3.8, 4) is 0 Å². The lowest BCUT2D eigenvalue weighted by Gasteiger charge is -2.21. The number of esters is 1. The highest BCUT2D eigenvalue weighted by Gasteiger charge is 2.20. The average Bonchev–Trinajstić information content (AvgIpc) is 2.64. The molecule has 0 radical (unpaired) electrons. The third-order valence-electron chi connectivity index (χ3n) is 3.59. The first-order chi connectivity index (χ1) is 12.7. The van der Waals surface area contributed by atoms with Crippen LogP contribution < -0.4 is 4.90 Å². The van der Waals surface area contributed by atoms with Crippen molar-refractivity contribution in [2.24, 2.45) is 0 Å². The molecule has 6 nitrogen and oxygen atoms in total. The quantitative estimate of drug-likeness (QED) is 0.520. The van der Waals surface area contributed by atoms with Gasteiger partial charge in [0, 0.05) is 18.5 Å². The van der Waals surface area contributed by atoms with Gasteiger partial charge in [-0.05, 0) is 30.3 Å². The van der Waals surface area contributed by atoms with Gasteiger partial charge in [-0.25, -0.2) is 13.2 Å². The van der Waals surface area contributed by atoms with Crippen molar-refractivity contribution >= 4 is 39.0 Å². The maximum Gasteiger partial charge on any atom is 0.340 e. The molecule has 1 amide bonds. The monoisotopic (exact) mass is 407 g/mol. The zero-order valence-electron chi connectivity index (χ0n) is 14.6. The van der Waals surface area contributed by atoms with Crippen LogP contribution in [-0.4, -0.2) is 39.7 Å². The van der Waals surface area contributed by atoms with Gasteiger partial charge in [-0.2, -0.15) is 0 Å². The molecule has 0 saturated heterocycles. The van der Waals surface area contributed by atoms with Crippen LogP contribution in [0.15, 0.2) is 66.1 Å². The standard InChI is InChI=1S/C19H18ClNO5S/c1-3-11-21(14-7-5-4-6-8-14)18(22)13-26-19(23)16-12-15(27(2,24)25)9-10-17(16)20/h3-10,12H,1,11,13H2,2H3. The fourth-order valence-electron chi connectivity index (χ4n) is 2.26. The Kier molecular flexibility index (Phi) is 6.76. The van der Waals surface area contributed by atoms with Gasteiger partial charge in [0.15, 0.2) is 16.4 Å². The van der Waals surface area contributed by atoms with Crippen molar-refractivity contribution in [2.45, 2.75) is 4.90 Å². The molecule has 0 bridgehead atoms. The van der Waals surface area contributed by atoms with E-state index >= 15 is 0 Å². The molecule has 0 N–H and O–H groups in total. The van der Waals surface area contributed by atoms with Crippen molar-refractivity contribution in [1.29, 1.82) is 0 Å². The second-order valence-corrected chi connectivity index (χ2v) is 8.04. The van der Waals surface area contributed by atoms with Crippen molar-refractivity contribution in [1.82, 2.24) is 0 Å². The van der Waals surface area contributed by atoms with Gasteiger partial charge in [0.25, 0.3) is 5.91 Å². The Morgan fingerprint density at radius 1 is 1.19 bits per heavy atom. The van der Waals surface area contributed by atoms with Gasteiger partial charge in [-0.1, -0.05) is 35.9 Å². The molecule has 0 aromatic heterocycles. The zero-order chi connectivity index (χ0) is 20.0. The van der Waals surface area contributed by atoms with E-state index in [-0.39, 0.29) is 22.0 Å². The largest absolute Gasteiger partial charge is 0.452 e. The van der Waals surface area contributed by atoms with Crippen LogP contribution in [-0.2, 0) is 19.4 Å². The normalized spacial score (nSPS) is 10.9. The van der Waals surface area contributed by atoms with Crippen molar-refractivity contribution in [3.63, 3.8) is 0 Å². The number of nitrogens with zero attached hydrogens (tertiary/aromatic N) is 1. The number of hydrogen-bond donors (Lipinski definition) is 0. The average molecular weight is 408 g/mol. The highest BCUT2D eigenvalue weighted by Crippen LogP contribution is 2.21. The summed E-state index contributed by atoms with van der Waals surface area (Å²) in [6, 6.07) is 12.6. The summed E-state index contributed by atoms with van der Waals surface area (Å²) in [5.41, 5.74) is 0.512. The third-order valence-corrected chi connectivity index (χ3v) is 5.03. The summed E-state index contributed by atoms with van der Waals surface area (Å²) in [6.45, 7) is 3.33. The SMILES string of the molecule is C=CCN(C(=O)COC(=O)c1cc(S(C)(=O)=O)ccc1Cl)c1ccccc1. The van der Waals surface area contributed by atoms with Crippen LogP contribution >= 0.6 is 11.6 Å². The smallest absolute Gasteiger partial charge is 0.340 e. The molecule has 0 aliphatic heterocycles. The van der Waals surface area contributed by atoms with E-state index in [0.717, 1.165) is 12.3 Å². The summed E-state index contributed by atoms with van der Waals surface area (Å²) in [5.74, 6) is -1.34. The molecule has 0 fully saturated rings. The molecule has 0 atom stereocenters. The van der Waals surface area contributed by atoms with E-state index < -0.39 is 28.3 Å². The minimum atomic E-state index is -3.52. The van der Waals surface area contributed by atoms with E-state index in [1.54, 1.807) is 30.3 Å². The Bertz CT molecular complexity index is 957. The number of carbonyl (C=O) groups is 2. The number of para-hydroxylation sites is 1. The molecule has 0 spiro atoms. The Morgan fingerprint density at radius 3 is 2.44 bits per heavy atom. The summed E-state index contributed by atoms with van der Waals surface area (Å²) in [7, 11) is -3.52. The lowest BCUT2D eigenvalue weighted by molar-refractivity contribution is -0.121. The van der Waals surface area contributed by atoms with Crippen LogP contribution in [0.1, 0.15) is 10.4 Å². The van der Waals surface area contributed by atoms with Crippen molar-refractivity contribution in [2.75, 3.05) is 24.3 Å². The van der Waals surface area contributed by atoms with Crippen LogP contribution in [0.25, 0.3) is 0 Å². The van der Waals surface area contributed by atoms with Gasteiger partial charge in [-0.3, -0.25) is 4.79 Å². The molecule has 2 aromatic carbocycles. The molecule has 142 valence electrons. The van der Waals surface area contributed by atoms with E-state index in [4.69, 9.17) is 16.3 Å². The number of anilines is 1. The number of hydrogen-bond acceptors (Lipinski definition) is 5. The van der Waals surface area contributed by atoms with Crippen LogP contribution in [0.5, 0.6) is 0 Å². The van der Waals surface area contributed by atoms with E-state index in [9.17, 15) is 18.0 Å². The second kappa shape index (κ2) is 8.83. The maximum atomic E-state index is 12.5. The molecule has 2 rings (SSSR count). The van der Waals surface area contributed by atoms with Crippen molar-refractivity contribution in [3.05, 3.63) is 71.8 Å². The summed E-state index contributed by atoms with van der Waals surface area (Å²) in [6.07, 6.45) is 2.57. The summed E-state index contributed by atoms with van der Waals surface area (Å²) in [4.78, 5) is 26.1. The van der Waals surface area contributed by atoms with E-state index in [0.29, 0.717) is 5.69 Å². The summed E-state index contributed by atoms with van der Waals surface area (Å²) in [5, 5.41) is 0.0332. The van der Waals surface area contributed by atoms with Crippen LogP contribution in [0.3, 0.4) is 0 Å². The minimum absolute atomic E-state index is 0.0332. The van der Waals surface area contributed by atoms with Gasteiger partial charge in [0.1, 0.15) is 0 Å². The highest BCUT2D eigenvalue weighted by molar-refractivity contribution is 7.90. The lowest BCUT2D eigenvalue weighted by atomic mass is 10.2. The first-order valence-corrected chi connectivity index (χ1v) is 10.1. The molecule has 8 heteroatoms. The van der Waals surface area contributed by atoms with Crippen LogP contribution in [0.4, 0.5) is 5.69 Å². The molecule has 0 aliphatic rings. The summed E-state index contributed by atoms with van der Waals surface area (Å²) < 4.78 is 28.3. The Morgan fingerprint density at radius 2 is 1.85 bits per heavy atom. The first kappa shape index (κ1) is 20.7. The first-order valence-electron chi connectivity index (χ1n) is 7.87. The Labute approximate surface area is 162 Å². The number of sulfone groups is 1. The van der Waals surface area contributed by atoms with Gasteiger partial charge < -0.3 is 9.64 Å². The van der Waals surface area contributed by atoms with Gasteiger partial charge in [-0.15, -0.1) is 6.58 Å². The highest BCUT2D eigenvalue weighted by atomic mass is 35.5. The van der Waals surface area contributed by atoms with Gasteiger partial charge in [0.2, 0.25) is 0 Å². The number of ether oxygens (including phenoxy) is 1. The molecular weight excluding hydrogens is 390 g/mol. The summed E-state index contributed by atoms with van der Waals surface area (Å²) >= 11 is 5.96.